The van der Waals surface area contributed by atoms with Gasteiger partial charge in [0.05, 0.1) is 25.3 Å². The molecule has 1 aromatic carbocycles. The lowest BCUT2D eigenvalue weighted by atomic mass is 10.2. The zero-order valence-electron chi connectivity index (χ0n) is 12.2. The second-order valence-electron chi connectivity index (χ2n) is 4.83. The number of hydrogen-bond acceptors (Lipinski definition) is 4. The predicted octanol–water partition coefficient (Wildman–Crippen LogP) is 1.94. The minimum atomic E-state index is -0.890. The third-order valence-corrected chi connectivity index (χ3v) is 3.09. The number of hydrogen-bond donors (Lipinski definition) is 2. The predicted molar refractivity (Wildman–Crippen MR) is 80.9 cm³/mol. The molecule has 0 aromatic heterocycles. The fourth-order valence-electron chi connectivity index (χ4n) is 1.82. The molecule has 0 aliphatic heterocycles. The molecular formula is C14H19ClN2O4. The Labute approximate surface area is 128 Å². The first-order valence-corrected chi connectivity index (χ1v) is 6.76. The SMILES string of the molecule is COc1ccc(Cl)cc1NC(=O)CN(C)CC(C)C(=O)O. The number of carbonyl (C=O) groups is 2. The van der Waals surface area contributed by atoms with E-state index in [-0.39, 0.29) is 19.0 Å². The van der Waals surface area contributed by atoms with E-state index in [0.717, 1.165) is 0 Å². The summed E-state index contributed by atoms with van der Waals surface area (Å²) in [5, 5.41) is 12.0. The summed E-state index contributed by atoms with van der Waals surface area (Å²) in [7, 11) is 3.19. The number of carboxylic acid groups (broad SMARTS) is 1. The summed E-state index contributed by atoms with van der Waals surface area (Å²) in [6, 6.07) is 4.92. The van der Waals surface area contributed by atoms with Crippen molar-refractivity contribution in [2.75, 3.05) is 32.6 Å². The molecule has 0 radical (unpaired) electrons. The standard InChI is InChI=1S/C14H19ClN2O4/c1-9(14(19)20)7-17(2)8-13(18)16-11-6-10(15)4-5-12(11)21-3/h4-6,9H,7-8H2,1-3H3,(H,16,18)(H,19,20). The molecule has 0 saturated heterocycles. The molecule has 2 N–H and O–H groups in total. The Hall–Kier alpha value is -1.79. The Morgan fingerprint density at radius 1 is 1.48 bits per heavy atom. The van der Waals surface area contributed by atoms with E-state index in [0.29, 0.717) is 16.5 Å². The maximum absolute atomic E-state index is 12.0. The molecule has 1 atom stereocenters. The van der Waals surface area contributed by atoms with Crippen LogP contribution in [0.2, 0.25) is 5.02 Å². The highest BCUT2D eigenvalue weighted by Gasteiger charge is 2.16. The van der Waals surface area contributed by atoms with Crippen molar-refractivity contribution in [3.63, 3.8) is 0 Å². The lowest BCUT2D eigenvalue weighted by Gasteiger charge is -2.19. The summed E-state index contributed by atoms with van der Waals surface area (Å²) >= 11 is 5.88. The van der Waals surface area contributed by atoms with Crippen molar-refractivity contribution in [1.82, 2.24) is 4.90 Å². The first kappa shape index (κ1) is 17.3. The molecular weight excluding hydrogens is 296 g/mol. The first-order valence-electron chi connectivity index (χ1n) is 6.38. The van der Waals surface area contributed by atoms with Crippen LogP contribution in [0.3, 0.4) is 0 Å². The quantitative estimate of drug-likeness (QED) is 0.804. The maximum atomic E-state index is 12.0. The minimum absolute atomic E-state index is 0.0767. The second kappa shape index (κ2) is 7.85. The molecule has 21 heavy (non-hydrogen) atoms. The molecule has 1 aromatic rings. The number of likely N-dealkylation sites (N-methyl/N-ethyl adjacent to an activating group) is 1. The van der Waals surface area contributed by atoms with Crippen LogP contribution in [0.15, 0.2) is 18.2 Å². The highest BCUT2D eigenvalue weighted by Crippen LogP contribution is 2.27. The molecule has 1 rings (SSSR count). The number of carboxylic acids is 1. The average molecular weight is 315 g/mol. The highest BCUT2D eigenvalue weighted by atomic mass is 35.5. The van der Waals surface area contributed by atoms with Crippen LogP contribution in [0.4, 0.5) is 5.69 Å². The summed E-state index contributed by atoms with van der Waals surface area (Å²) in [5.74, 6) is -1.19. The van der Waals surface area contributed by atoms with Crippen LogP contribution < -0.4 is 10.1 Å². The Balaban J connectivity index is 2.61. The third kappa shape index (κ3) is 5.61. The van der Waals surface area contributed by atoms with Gasteiger partial charge in [-0.05, 0) is 25.2 Å². The fraction of sp³-hybridized carbons (Fsp3) is 0.429. The summed E-state index contributed by atoms with van der Waals surface area (Å²) < 4.78 is 5.14. The van der Waals surface area contributed by atoms with Gasteiger partial charge in [0.1, 0.15) is 5.75 Å². The van der Waals surface area contributed by atoms with E-state index >= 15 is 0 Å². The van der Waals surface area contributed by atoms with Crippen molar-refractivity contribution >= 4 is 29.2 Å². The molecule has 6 nitrogen and oxygen atoms in total. The zero-order valence-corrected chi connectivity index (χ0v) is 13.0. The number of anilines is 1. The lowest BCUT2D eigenvalue weighted by molar-refractivity contribution is -0.141. The van der Waals surface area contributed by atoms with Gasteiger partial charge in [0.2, 0.25) is 5.91 Å². The Morgan fingerprint density at radius 2 is 2.14 bits per heavy atom. The van der Waals surface area contributed by atoms with Crippen LogP contribution >= 0.6 is 11.6 Å². The van der Waals surface area contributed by atoms with E-state index in [9.17, 15) is 9.59 Å². The van der Waals surface area contributed by atoms with E-state index in [2.05, 4.69) is 5.32 Å². The van der Waals surface area contributed by atoms with Gasteiger partial charge in [0, 0.05) is 11.6 Å². The van der Waals surface area contributed by atoms with Gasteiger partial charge in [-0.1, -0.05) is 18.5 Å². The summed E-state index contributed by atoms with van der Waals surface area (Å²) in [4.78, 5) is 24.4. The third-order valence-electron chi connectivity index (χ3n) is 2.86. The molecule has 0 saturated carbocycles. The van der Waals surface area contributed by atoms with E-state index in [1.54, 1.807) is 37.1 Å². The molecule has 0 aliphatic rings. The molecule has 116 valence electrons. The largest absolute Gasteiger partial charge is 0.495 e. The normalized spacial score (nSPS) is 12.0. The Bertz CT molecular complexity index is 522. The van der Waals surface area contributed by atoms with Gasteiger partial charge in [-0.3, -0.25) is 14.5 Å². The van der Waals surface area contributed by atoms with Crippen molar-refractivity contribution in [2.24, 2.45) is 5.92 Å². The van der Waals surface area contributed by atoms with E-state index in [1.165, 1.54) is 7.11 Å². The van der Waals surface area contributed by atoms with Gasteiger partial charge in [0.15, 0.2) is 0 Å². The van der Waals surface area contributed by atoms with Crippen LogP contribution in [0.5, 0.6) is 5.75 Å². The molecule has 0 spiro atoms. The Morgan fingerprint density at radius 3 is 2.71 bits per heavy atom. The maximum Gasteiger partial charge on any atom is 0.307 e. The van der Waals surface area contributed by atoms with E-state index in [4.69, 9.17) is 21.4 Å². The lowest BCUT2D eigenvalue weighted by Crippen LogP contribution is -2.35. The number of ether oxygens (including phenoxy) is 1. The van der Waals surface area contributed by atoms with Gasteiger partial charge < -0.3 is 15.2 Å². The molecule has 0 heterocycles. The second-order valence-corrected chi connectivity index (χ2v) is 5.27. The number of methoxy groups -OCH3 is 1. The topological polar surface area (TPSA) is 78.9 Å². The van der Waals surface area contributed by atoms with Crippen molar-refractivity contribution in [3.05, 3.63) is 23.2 Å². The molecule has 1 unspecified atom stereocenters. The fourth-order valence-corrected chi connectivity index (χ4v) is 2.00. The number of carbonyl (C=O) groups excluding carboxylic acids is 1. The number of nitrogens with one attached hydrogen (secondary N) is 1. The van der Waals surface area contributed by atoms with Gasteiger partial charge in [-0.2, -0.15) is 0 Å². The van der Waals surface area contributed by atoms with E-state index < -0.39 is 11.9 Å². The molecule has 1 amide bonds. The smallest absolute Gasteiger partial charge is 0.307 e. The van der Waals surface area contributed by atoms with Crippen molar-refractivity contribution in [2.45, 2.75) is 6.92 Å². The van der Waals surface area contributed by atoms with Gasteiger partial charge in [-0.25, -0.2) is 0 Å². The number of halogens is 1. The monoisotopic (exact) mass is 314 g/mol. The number of nitrogens with zero attached hydrogens (tertiary/aromatic N) is 1. The van der Waals surface area contributed by atoms with Crippen LogP contribution in [-0.2, 0) is 9.59 Å². The Kier molecular flexibility index (Phi) is 6.45. The first-order chi connectivity index (χ1) is 9.83. The molecule has 0 fully saturated rings. The van der Waals surface area contributed by atoms with Crippen molar-refractivity contribution in [1.29, 1.82) is 0 Å². The highest BCUT2D eigenvalue weighted by molar-refractivity contribution is 6.31. The number of amides is 1. The number of aliphatic carboxylic acids is 1. The zero-order chi connectivity index (χ0) is 16.0. The van der Waals surface area contributed by atoms with Crippen LogP contribution in [0, 0.1) is 5.92 Å². The van der Waals surface area contributed by atoms with Crippen molar-refractivity contribution < 1.29 is 19.4 Å². The summed E-state index contributed by atoms with van der Waals surface area (Å²) in [6.07, 6.45) is 0. The summed E-state index contributed by atoms with van der Waals surface area (Å²) in [5.41, 5.74) is 0.481. The number of benzene rings is 1. The number of rotatable bonds is 7. The van der Waals surface area contributed by atoms with Crippen molar-refractivity contribution in [3.8, 4) is 5.75 Å². The average Bonchev–Trinajstić information content (AvgIpc) is 2.38. The van der Waals surface area contributed by atoms with Crippen LogP contribution in [0.1, 0.15) is 6.92 Å². The van der Waals surface area contributed by atoms with Crippen LogP contribution in [0.25, 0.3) is 0 Å². The molecule has 0 aliphatic carbocycles. The van der Waals surface area contributed by atoms with Gasteiger partial charge in [0.25, 0.3) is 0 Å². The summed E-state index contributed by atoms with van der Waals surface area (Å²) in [6.45, 7) is 1.96. The van der Waals surface area contributed by atoms with Gasteiger partial charge in [-0.15, -0.1) is 0 Å². The van der Waals surface area contributed by atoms with E-state index in [1.807, 2.05) is 0 Å². The van der Waals surface area contributed by atoms with Crippen LogP contribution in [-0.4, -0.2) is 49.1 Å². The molecule has 7 heteroatoms. The van der Waals surface area contributed by atoms with Gasteiger partial charge >= 0.3 is 5.97 Å². The minimum Gasteiger partial charge on any atom is -0.495 e. The molecule has 0 bridgehead atoms.